The van der Waals surface area contributed by atoms with Crippen LogP contribution in [0.15, 0.2) is 29.5 Å². The Labute approximate surface area is 64.6 Å². The number of aromatic nitrogens is 1. The number of hydroxylamine groups is 1. The SMILES string of the molecule is ONC=NCc1cccnc1. The average Bonchev–Trinajstić information content (AvgIpc) is 2.07. The standard InChI is InChI=1S/C7H9N3O/c11-10-6-9-5-7-2-1-3-8-4-7/h1-4,6,11H,5H2,(H,9,10). The maximum Gasteiger partial charge on any atom is 0.107 e. The van der Waals surface area contributed by atoms with Gasteiger partial charge in [0, 0.05) is 12.4 Å². The highest BCUT2D eigenvalue weighted by atomic mass is 16.5. The minimum atomic E-state index is 0.529. The molecule has 0 fully saturated rings. The quantitative estimate of drug-likeness (QED) is 0.377. The maximum absolute atomic E-state index is 8.13. The predicted octanol–water partition coefficient (Wildman–Crippen LogP) is 0.589. The number of rotatable bonds is 3. The number of pyridine rings is 1. The first-order valence-electron chi connectivity index (χ1n) is 3.20. The van der Waals surface area contributed by atoms with Crippen LogP contribution in [0.3, 0.4) is 0 Å². The van der Waals surface area contributed by atoms with E-state index in [4.69, 9.17) is 5.21 Å². The molecule has 1 rings (SSSR count). The Morgan fingerprint density at radius 3 is 3.27 bits per heavy atom. The van der Waals surface area contributed by atoms with E-state index in [0.717, 1.165) is 5.56 Å². The fourth-order valence-electron chi connectivity index (χ4n) is 0.684. The minimum Gasteiger partial charge on any atom is -0.290 e. The molecule has 0 unspecified atom stereocenters. The topological polar surface area (TPSA) is 57.5 Å². The lowest BCUT2D eigenvalue weighted by Crippen LogP contribution is -2.02. The molecule has 4 nitrogen and oxygen atoms in total. The molecule has 0 spiro atoms. The van der Waals surface area contributed by atoms with E-state index in [1.807, 2.05) is 17.6 Å². The summed E-state index contributed by atoms with van der Waals surface area (Å²) in [5.74, 6) is 0. The Balaban J connectivity index is 2.45. The van der Waals surface area contributed by atoms with Crippen LogP contribution in [0.2, 0.25) is 0 Å². The lowest BCUT2D eigenvalue weighted by molar-refractivity contribution is 0.239. The number of aliphatic imine (C=N–C) groups is 1. The van der Waals surface area contributed by atoms with Crippen LogP contribution >= 0.6 is 0 Å². The molecule has 0 radical (unpaired) electrons. The van der Waals surface area contributed by atoms with Gasteiger partial charge in [0.25, 0.3) is 0 Å². The van der Waals surface area contributed by atoms with Gasteiger partial charge in [-0.25, -0.2) is 0 Å². The van der Waals surface area contributed by atoms with Gasteiger partial charge in [-0.1, -0.05) is 6.07 Å². The van der Waals surface area contributed by atoms with Crippen LogP contribution in [0.5, 0.6) is 0 Å². The van der Waals surface area contributed by atoms with Crippen molar-refractivity contribution < 1.29 is 5.21 Å². The molecular formula is C7H9N3O. The van der Waals surface area contributed by atoms with Gasteiger partial charge < -0.3 is 0 Å². The number of nitrogens with zero attached hydrogens (tertiary/aromatic N) is 2. The summed E-state index contributed by atoms with van der Waals surface area (Å²) in [7, 11) is 0. The van der Waals surface area contributed by atoms with Gasteiger partial charge in [0.1, 0.15) is 6.34 Å². The van der Waals surface area contributed by atoms with Crippen molar-refractivity contribution in [2.75, 3.05) is 0 Å². The molecule has 4 heteroatoms. The molecule has 2 N–H and O–H groups in total. The van der Waals surface area contributed by atoms with E-state index in [2.05, 4.69) is 9.98 Å². The number of hydrogen-bond donors (Lipinski definition) is 2. The number of hydrogen-bond acceptors (Lipinski definition) is 3. The summed E-state index contributed by atoms with van der Waals surface area (Å²) in [5, 5.41) is 8.13. The second-order valence-corrected chi connectivity index (χ2v) is 1.96. The number of nitrogens with one attached hydrogen (secondary N) is 1. The molecule has 1 aromatic heterocycles. The van der Waals surface area contributed by atoms with Crippen molar-refractivity contribution >= 4 is 6.34 Å². The zero-order valence-corrected chi connectivity index (χ0v) is 5.94. The molecule has 1 aromatic rings. The Morgan fingerprint density at radius 2 is 2.64 bits per heavy atom. The van der Waals surface area contributed by atoms with Crippen LogP contribution in [-0.4, -0.2) is 16.5 Å². The molecular weight excluding hydrogens is 142 g/mol. The van der Waals surface area contributed by atoms with Crippen molar-refractivity contribution in [1.82, 2.24) is 10.5 Å². The molecule has 0 saturated carbocycles. The first-order valence-corrected chi connectivity index (χ1v) is 3.20. The van der Waals surface area contributed by atoms with Gasteiger partial charge in [-0.15, -0.1) is 0 Å². The lowest BCUT2D eigenvalue weighted by Gasteiger charge is -1.92. The second kappa shape index (κ2) is 4.40. The van der Waals surface area contributed by atoms with Gasteiger partial charge in [-0.05, 0) is 11.6 Å². The average molecular weight is 151 g/mol. The molecule has 1 heterocycles. The highest BCUT2D eigenvalue weighted by Crippen LogP contribution is 1.95. The lowest BCUT2D eigenvalue weighted by atomic mass is 10.3. The molecule has 0 aliphatic heterocycles. The molecule has 0 amide bonds. The maximum atomic E-state index is 8.13. The van der Waals surface area contributed by atoms with Crippen molar-refractivity contribution in [2.45, 2.75) is 6.54 Å². The largest absolute Gasteiger partial charge is 0.290 e. The summed E-state index contributed by atoms with van der Waals surface area (Å²) in [6.45, 7) is 0.529. The molecule has 0 atom stereocenters. The Morgan fingerprint density at radius 1 is 1.73 bits per heavy atom. The highest BCUT2D eigenvalue weighted by Gasteiger charge is 1.85. The van der Waals surface area contributed by atoms with Gasteiger partial charge in [-0.2, -0.15) is 0 Å². The Kier molecular flexibility index (Phi) is 3.08. The molecule has 11 heavy (non-hydrogen) atoms. The van der Waals surface area contributed by atoms with Crippen LogP contribution in [0.4, 0.5) is 0 Å². The third-order valence-electron chi connectivity index (χ3n) is 1.15. The normalized spacial score (nSPS) is 10.3. The zero-order valence-electron chi connectivity index (χ0n) is 5.94. The van der Waals surface area contributed by atoms with Crippen molar-refractivity contribution in [2.24, 2.45) is 4.99 Å². The molecule has 0 bridgehead atoms. The zero-order chi connectivity index (χ0) is 7.94. The van der Waals surface area contributed by atoms with Crippen molar-refractivity contribution in [3.8, 4) is 0 Å². The first-order chi connectivity index (χ1) is 5.43. The summed E-state index contributed by atoms with van der Waals surface area (Å²) in [6.07, 6.45) is 4.67. The van der Waals surface area contributed by atoms with Gasteiger partial charge in [0.2, 0.25) is 0 Å². The molecule has 0 aliphatic rings. The van der Waals surface area contributed by atoms with Crippen molar-refractivity contribution in [3.63, 3.8) is 0 Å². The van der Waals surface area contributed by atoms with Gasteiger partial charge >= 0.3 is 0 Å². The van der Waals surface area contributed by atoms with Gasteiger partial charge in [0.05, 0.1) is 6.54 Å². The van der Waals surface area contributed by atoms with Crippen LogP contribution in [0.1, 0.15) is 5.56 Å². The molecule has 58 valence electrons. The van der Waals surface area contributed by atoms with Crippen molar-refractivity contribution in [3.05, 3.63) is 30.1 Å². The highest BCUT2D eigenvalue weighted by molar-refractivity contribution is 5.52. The van der Waals surface area contributed by atoms with Crippen LogP contribution in [0, 0.1) is 0 Å². The van der Waals surface area contributed by atoms with E-state index in [1.165, 1.54) is 6.34 Å². The van der Waals surface area contributed by atoms with E-state index in [-0.39, 0.29) is 0 Å². The molecule has 0 saturated heterocycles. The van der Waals surface area contributed by atoms with E-state index in [1.54, 1.807) is 12.4 Å². The van der Waals surface area contributed by atoms with E-state index in [9.17, 15) is 0 Å². The smallest absolute Gasteiger partial charge is 0.107 e. The fourth-order valence-corrected chi connectivity index (χ4v) is 0.684. The summed E-state index contributed by atoms with van der Waals surface area (Å²) >= 11 is 0. The van der Waals surface area contributed by atoms with Crippen LogP contribution in [-0.2, 0) is 6.54 Å². The fraction of sp³-hybridized carbons (Fsp3) is 0.143. The summed E-state index contributed by atoms with van der Waals surface area (Å²) in [5.41, 5.74) is 2.84. The van der Waals surface area contributed by atoms with E-state index < -0.39 is 0 Å². The predicted molar refractivity (Wildman–Crippen MR) is 41.4 cm³/mol. The molecule has 0 aromatic carbocycles. The monoisotopic (exact) mass is 151 g/mol. The second-order valence-electron chi connectivity index (χ2n) is 1.96. The third-order valence-corrected chi connectivity index (χ3v) is 1.15. The van der Waals surface area contributed by atoms with E-state index >= 15 is 0 Å². The third kappa shape index (κ3) is 2.77. The first kappa shape index (κ1) is 7.68. The van der Waals surface area contributed by atoms with Crippen molar-refractivity contribution in [1.29, 1.82) is 0 Å². The molecule has 0 aliphatic carbocycles. The summed E-state index contributed by atoms with van der Waals surface area (Å²) in [4.78, 5) is 7.74. The van der Waals surface area contributed by atoms with Crippen LogP contribution < -0.4 is 5.48 Å². The van der Waals surface area contributed by atoms with Crippen LogP contribution in [0.25, 0.3) is 0 Å². The summed E-state index contributed by atoms with van der Waals surface area (Å²) < 4.78 is 0. The van der Waals surface area contributed by atoms with E-state index in [0.29, 0.717) is 6.54 Å². The summed E-state index contributed by atoms with van der Waals surface area (Å²) in [6, 6.07) is 3.76. The minimum absolute atomic E-state index is 0.529. The Hall–Kier alpha value is -1.42. The Bertz CT molecular complexity index is 222. The van der Waals surface area contributed by atoms with Gasteiger partial charge in [-0.3, -0.25) is 20.7 Å². The van der Waals surface area contributed by atoms with Gasteiger partial charge in [0.15, 0.2) is 0 Å².